The van der Waals surface area contributed by atoms with E-state index in [2.05, 4.69) is 37.5 Å². The highest BCUT2D eigenvalue weighted by Gasteiger charge is 2.12. The van der Waals surface area contributed by atoms with Crippen molar-refractivity contribution >= 4 is 12.6 Å². The maximum Gasteiger partial charge on any atom is 0.0168 e. The second-order valence-electron chi connectivity index (χ2n) is 3.36. The normalized spacial score (nSPS) is 20.5. The molecular weight excluding hydrogens is 154 g/mol. The van der Waals surface area contributed by atoms with Gasteiger partial charge in [-0.2, -0.15) is 12.6 Å². The SMILES string of the molecule is CC(C)N1CC=C(CS)CC1. The Bertz CT molecular complexity index is 152. The molecule has 0 aliphatic carbocycles. The maximum atomic E-state index is 4.26. The van der Waals surface area contributed by atoms with E-state index in [-0.39, 0.29) is 0 Å². The summed E-state index contributed by atoms with van der Waals surface area (Å²) in [7, 11) is 0. The van der Waals surface area contributed by atoms with Crippen molar-refractivity contribution < 1.29 is 0 Å². The van der Waals surface area contributed by atoms with Crippen LogP contribution in [-0.4, -0.2) is 29.8 Å². The van der Waals surface area contributed by atoms with E-state index in [0.717, 1.165) is 12.3 Å². The third-order valence-electron chi connectivity index (χ3n) is 2.27. The lowest BCUT2D eigenvalue weighted by Gasteiger charge is -2.29. The first-order valence-electron chi connectivity index (χ1n) is 4.27. The second-order valence-corrected chi connectivity index (χ2v) is 3.68. The molecule has 1 aliphatic heterocycles. The van der Waals surface area contributed by atoms with Crippen molar-refractivity contribution in [1.29, 1.82) is 0 Å². The van der Waals surface area contributed by atoms with Gasteiger partial charge in [-0.15, -0.1) is 0 Å². The fraction of sp³-hybridized carbons (Fsp3) is 0.778. The smallest absolute Gasteiger partial charge is 0.0168 e. The molecule has 0 spiro atoms. The van der Waals surface area contributed by atoms with Crippen molar-refractivity contribution in [3.05, 3.63) is 11.6 Å². The van der Waals surface area contributed by atoms with Gasteiger partial charge in [0.2, 0.25) is 0 Å². The van der Waals surface area contributed by atoms with E-state index < -0.39 is 0 Å². The summed E-state index contributed by atoms with van der Waals surface area (Å²) < 4.78 is 0. The van der Waals surface area contributed by atoms with Crippen molar-refractivity contribution in [3.8, 4) is 0 Å². The molecule has 0 saturated carbocycles. The van der Waals surface area contributed by atoms with Crippen LogP contribution in [0.5, 0.6) is 0 Å². The third-order valence-corrected chi connectivity index (χ3v) is 2.67. The zero-order chi connectivity index (χ0) is 8.27. The number of rotatable bonds is 2. The van der Waals surface area contributed by atoms with Crippen LogP contribution in [0.2, 0.25) is 0 Å². The fourth-order valence-corrected chi connectivity index (χ4v) is 1.63. The lowest BCUT2D eigenvalue weighted by Crippen LogP contribution is -2.34. The van der Waals surface area contributed by atoms with E-state index in [1.54, 1.807) is 0 Å². The van der Waals surface area contributed by atoms with Crippen LogP contribution in [0.15, 0.2) is 11.6 Å². The molecule has 1 heterocycles. The lowest BCUT2D eigenvalue weighted by molar-refractivity contribution is 0.239. The summed E-state index contributed by atoms with van der Waals surface area (Å²) in [6.45, 7) is 6.83. The van der Waals surface area contributed by atoms with Crippen molar-refractivity contribution in [2.75, 3.05) is 18.8 Å². The zero-order valence-corrected chi connectivity index (χ0v) is 8.27. The molecule has 0 aromatic heterocycles. The summed E-state index contributed by atoms with van der Waals surface area (Å²) in [4.78, 5) is 2.48. The summed E-state index contributed by atoms with van der Waals surface area (Å²) in [5, 5.41) is 0. The van der Waals surface area contributed by atoms with Crippen molar-refractivity contribution in [1.82, 2.24) is 4.90 Å². The molecular formula is C9H17NS. The molecule has 0 amide bonds. The molecule has 0 saturated heterocycles. The highest BCUT2D eigenvalue weighted by Crippen LogP contribution is 2.13. The summed E-state index contributed by atoms with van der Waals surface area (Å²) in [5.41, 5.74) is 1.50. The van der Waals surface area contributed by atoms with E-state index in [9.17, 15) is 0 Å². The van der Waals surface area contributed by atoms with Gasteiger partial charge in [-0.25, -0.2) is 0 Å². The van der Waals surface area contributed by atoms with Crippen LogP contribution in [-0.2, 0) is 0 Å². The minimum atomic E-state index is 0.688. The fourth-order valence-electron chi connectivity index (χ4n) is 1.34. The molecule has 0 unspecified atom stereocenters. The van der Waals surface area contributed by atoms with Crippen LogP contribution in [0.4, 0.5) is 0 Å². The topological polar surface area (TPSA) is 3.24 Å². The molecule has 11 heavy (non-hydrogen) atoms. The van der Waals surface area contributed by atoms with Gasteiger partial charge in [-0.1, -0.05) is 11.6 Å². The average Bonchev–Trinajstić information content (AvgIpc) is 2.05. The maximum absolute atomic E-state index is 4.26. The standard InChI is InChI=1S/C9H17NS/c1-8(2)10-5-3-9(7-11)4-6-10/h3,8,11H,4-7H2,1-2H3. The van der Waals surface area contributed by atoms with Crippen molar-refractivity contribution in [2.24, 2.45) is 0 Å². The molecule has 2 heteroatoms. The Morgan fingerprint density at radius 3 is 2.73 bits per heavy atom. The van der Waals surface area contributed by atoms with Gasteiger partial charge in [0.05, 0.1) is 0 Å². The van der Waals surface area contributed by atoms with E-state index in [1.165, 1.54) is 18.5 Å². The number of hydrogen-bond acceptors (Lipinski definition) is 2. The first kappa shape index (κ1) is 9.14. The molecule has 0 N–H and O–H groups in total. The Kier molecular flexibility index (Phi) is 3.46. The molecule has 0 aromatic rings. The van der Waals surface area contributed by atoms with Crippen LogP contribution >= 0.6 is 12.6 Å². The highest BCUT2D eigenvalue weighted by atomic mass is 32.1. The zero-order valence-electron chi connectivity index (χ0n) is 7.38. The minimum absolute atomic E-state index is 0.688. The van der Waals surface area contributed by atoms with Crippen LogP contribution in [0.3, 0.4) is 0 Å². The molecule has 0 aromatic carbocycles. The molecule has 0 atom stereocenters. The Labute approximate surface area is 74.9 Å². The molecule has 1 rings (SSSR count). The quantitative estimate of drug-likeness (QED) is 0.491. The van der Waals surface area contributed by atoms with Crippen molar-refractivity contribution in [2.45, 2.75) is 26.3 Å². The Morgan fingerprint density at radius 1 is 1.64 bits per heavy atom. The predicted molar refractivity (Wildman–Crippen MR) is 53.3 cm³/mol. The number of nitrogens with zero attached hydrogens (tertiary/aromatic N) is 1. The van der Waals surface area contributed by atoms with Gasteiger partial charge in [0.1, 0.15) is 0 Å². The Morgan fingerprint density at radius 2 is 2.36 bits per heavy atom. The number of hydrogen-bond donors (Lipinski definition) is 1. The molecule has 0 fully saturated rings. The third kappa shape index (κ3) is 2.53. The summed E-state index contributed by atoms with van der Waals surface area (Å²) in [6, 6.07) is 0.688. The largest absolute Gasteiger partial charge is 0.297 e. The van der Waals surface area contributed by atoms with Crippen LogP contribution in [0.25, 0.3) is 0 Å². The first-order valence-corrected chi connectivity index (χ1v) is 4.90. The van der Waals surface area contributed by atoms with Gasteiger partial charge in [0.15, 0.2) is 0 Å². The molecule has 0 bridgehead atoms. The van der Waals surface area contributed by atoms with E-state index >= 15 is 0 Å². The van der Waals surface area contributed by atoms with Gasteiger partial charge in [0, 0.05) is 24.9 Å². The molecule has 64 valence electrons. The van der Waals surface area contributed by atoms with Gasteiger partial charge in [0.25, 0.3) is 0 Å². The summed E-state index contributed by atoms with van der Waals surface area (Å²) >= 11 is 4.26. The van der Waals surface area contributed by atoms with Gasteiger partial charge in [-0.3, -0.25) is 4.90 Å². The van der Waals surface area contributed by atoms with Crippen LogP contribution in [0, 0.1) is 0 Å². The summed E-state index contributed by atoms with van der Waals surface area (Å²) in [5.74, 6) is 0.936. The Hall–Kier alpha value is 0.0500. The number of thiol groups is 1. The van der Waals surface area contributed by atoms with E-state index in [1.807, 2.05) is 0 Å². The van der Waals surface area contributed by atoms with Crippen LogP contribution in [0.1, 0.15) is 20.3 Å². The molecule has 1 nitrogen and oxygen atoms in total. The monoisotopic (exact) mass is 171 g/mol. The first-order chi connectivity index (χ1) is 5.24. The molecule has 0 radical (unpaired) electrons. The van der Waals surface area contributed by atoms with E-state index in [0.29, 0.717) is 6.04 Å². The molecule has 1 aliphatic rings. The van der Waals surface area contributed by atoms with Crippen LogP contribution < -0.4 is 0 Å². The highest BCUT2D eigenvalue weighted by molar-refractivity contribution is 7.80. The Balaban J connectivity index is 2.41. The van der Waals surface area contributed by atoms with Gasteiger partial charge >= 0.3 is 0 Å². The second kappa shape index (κ2) is 4.17. The van der Waals surface area contributed by atoms with E-state index in [4.69, 9.17) is 0 Å². The predicted octanol–water partition coefficient (Wildman–Crippen LogP) is 1.96. The average molecular weight is 171 g/mol. The lowest BCUT2D eigenvalue weighted by atomic mass is 10.1. The van der Waals surface area contributed by atoms with Gasteiger partial charge < -0.3 is 0 Å². The van der Waals surface area contributed by atoms with Crippen molar-refractivity contribution in [3.63, 3.8) is 0 Å². The minimum Gasteiger partial charge on any atom is -0.297 e. The summed E-state index contributed by atoms with van der Waals surface area (Å²) in [6.07, 6.45) is 3.53. The van der Waals surface area contributed by atoms with Gasteiger partial charge in [-0.05, 0) is 20.3 Å².